The van der Waals surface area contributed by atoms with E-state index in [1.165, 1.54) is 11.3 Å². The molecule has 0 atom stereocenters. The number of allylic oxidation sites excluding steroid dienone is 1. The highest BCUT2D eigenvalue weighted by Gasteiger charge is 2.15. The van der Waals surface area contributed by atoms with Crippen LogP contribution in [-0.2, 0) is 13.1 Å². The molecule has 3 rings (SSSR count). The van der Waals surface area contributed by atoms with Crippen LogP contribution in [0.15, 0.2) is 42.0 Å². The molecule has 0 unspecified atom stereocenters. The molecule has 0 bridgehead atoms. The van der Waals surface area contributed by atoms with Gasteiger partial charge >= 0.3 is 0 Å². The molecule has 24 heavy (non-hydrogen) atoms. The van der Waals surface area contributed by atoms with Crippen molar-refractivity contribution in [1.82, 2.24) is 14.3 Å². The van der Waals surface area contributed by atoms with Gasteiger partial charge < -0.3 is 4.57 Å². The number of hydrogen-bond acceptors (Lipinski definition) is 3. The first-order valence-corrected chi connectivity index (χ1v) is 8.83. The van der Waals surface area contributed by atoms with Crippen LogP contribution in [0.4, 0.5) is 0 Å². The number of amides is 1. The zero-order valence-electron chi connectivity index (χ0n) is 12.9. The maximum Gasteiger partial charge on any atom is 0.297 e. The summed E-state index contributed by atoms with van der Waals surface area (Å²) in [4.78, 5) is 17.3. The first kappa shape index (κ1) is 17.0. The van der Waals surface area contributed by atoms with Crippen LogP contribution in [0.3, 0.4) is 0 Å². The largest absolute Gasteiger partial charge is 0.311 e. The number of hydrogen-bond donors (Lipinski definition) is 0. The van der Waals surface area contributed by atoms with Gasteiger partial charge in [-0.2, -0.15) is 10.1 Å². The van der Waals surface area contributed by atoms with Gasteiger partial charge in [0.1, 0.15) is 5.69 Å². The summed E-state index contributed by atoms with van der Waals surface area (Å²) in [5.41, 5.74) is 1.20. The monoisotopic (exact) mass is 380 g/mol. The number of aromatic nitrogens is 3. The van der Waals surface area contributed by atoms with Crippen molar-refractivity contribution in [3.63, 3.8) is 0 Å². The van der Waals surface area contributed by atoms with Gasteiger partial charge in [0.05, 0.1) is 20.3 Å². The Labute approximate surface area is 152 Å². The molecule has 124 valence electrons. The third kappa shape index (κ3) is 2.92. The lowest BCUT2D eigenvalue weighted by Crippen LogP contribution is -2.18. The minimum Gasteiger partial charge on any atom is -0.311 e. The molecule has 0 fully saturated rings. The van der Waals surface area contributed by atoms with Crippen LogP contribution in [0.25, 0.3) is 10.2 Å². The Bertz CT molecular complexity index is 999. The van der Waals surface area contributed by atoms with Gasteiger partial charge in [0.25, 0.3) is 5.91 Å². The molecule has 0 aliphatic carbocycles. The molecule has 2 heterocycles. The van der Waals surface area contributed by atoms with Crippen LogP contribution in [-0.4, -0.2) is 20.3 Å². The third-order valence-electron chi connectivity index (χ3n) is 3.47. The Morgan fingerprint density at radius 1 is 1.38 bits per heavy atom. The van der Waals surface area contributed by atoms with E-state index in [0.717, 1.165) is 10.2 Å². The van der Waals surface area contributed by atoms with Crippen molar-refractivity contribution >= 4 is 50.7 Å². The predicted octanol–water partition coefficient (Wildman–Crippen LogP) is 4.15. The fourth-order valence-corrected chi connectivity index (χ4v) is 4.06. The van der Waals surface area contributed by atoms with Crippen LogP contribution in [0.1, 0.15) is 17.4 Å². The summed E-state index contributed by atoms with van der Waals surface area (Å²) >= 11 is 13.9. The molecule has 0 N–H and O–H groups in total. The Morgan fingerprint density at radius 2 is 2.12 bits per heavy atom. The quantitative estimate of drug-likeness (QED) is 0.638. The molecule has 1 amide bonds. The number of carbonyl (C=O) groups is 1. The van der Waals surface area contributed by atoms with Crippen molar-refractivity contribution in [2.24, 2.45) is 4.99 Å². The van der Waals surface area contributed by atoms with Crippen molar-refractivity contribution in [2.75, 3.05) is 0 Å². The summed E-state index contributed by atoms with van der Waals surface area (Å²) in [6.07, 6.45) is 3.31. The van der Waals surface area contributed by atoms with Crippen LogP contribution >= 0.6 is 34.5 Å². The Kier molecular flexibility index (Phi) is 4.89. The van der Waals surface area contributed by atoms with Gasteiger partial charge in [-0.1, -0.05) is 40.6 Å². The smallest absolute Gasteiger partial charge is 0.297 e. The number of fused-ring (bicyclic) bond motifs is 1. The van der Waals surface area contributed by atoms with E-state index in [4.69, 9.17) is 23.2 Å². The minimum atomic E-state index is -0.356. The van der Waals surface area contributed by atoms with E-state index in [1.54, 1.807) is 35.2 Å². The lowest BCUT2D eigenvalue weighted by Gasteiger charge is -2.03. The van der Waals surface area contributed by atoms with Gasteiger partial charge in [-0.25, -0.2) is 0 Å². The van der Waals surface area contributed by atoms with Gasteiger partial charge in [-0.05, 0) is 25.1 Å². The number of halogens is 2. The lowest BCUT2D eigenvalue weighted by atomic mass is 10.3. The average Bonchev–Trinajstić information content (AvgIpc) is 3.17. The van der Waals surface area contributed by atoms with Gasteiger partial charge in [0, 0.05) is 19.3 Å². The molecule has 3 aromatic rings. The first-order chi connectivity index (χ1) is 11.6. The second-order valence-corrected chi connectivity index (χ2v) is 6.73. The van der Waals surface area contributed by atoms with Crippen molar-refractivity contribution in [3.8, 4) is 0 Å². The number of nitrogens with zero attached hydrogens (tertiary/aromatic N) is 4. The molecule has 0 saturated carbocycles. The Hall–Kier alpha value is -1.89. The highest BCUT2D eigenvalue weighted by molar-refractivity contribution is 7.17. The molecule has 0 aliphatic rings. The summed E-state index contributed by atoms with van der Waals surface area (Å²) in [5.74, 6) is -0.356. The predicted molar refractivity (Wildman–Crippen MR) is 97.8 cm³/mol. The molecule has 0 saturated heterocycles. The van der Waals surface area contributed by atoms with Crippen LogP contribution in [0.5, 0.6) is 0 Å². The van der Waals surface area contributed by atoms with Crippen molar-refractivity contribution in [2.45, 2.75) is 20.0 Å². The summed E-state index contributed by atoms with van der Waals surface area (Å²) in [6, 6.07) is 5.12. The molecular formula is C16H14Cl2N4OS. The van der Waals surface area contributed by atoms with Crippen LogP contribution in [0.2, 0.25) is 10.0 Å². The molecule has 0 radical (unpaired) electrons. The van der Waals surface area contributed by atoms with Crippen LogP contribution in [0, 0.1) is 0 Å². The maximum atomic E-state index is 12.5. The normalized spacial score (nSPS) is 12.0. The van der Waals surface area contributed by atoms with E-state index >= 15 is 0 Å². The van der Waals surface area contributed by atoms with E-state index in [2.05, 4.69) is 16.7 Å². The fourth-order valence-electron chi connectivity index (χ4n) is 2.41. The molecule has 0 spiro atoms. The van der Waals surface area contributed by atoms with Gasteiger partial charge in [0.15, 0.2) is 4.80 Å². The Balaban J connectivity index is 2.23. The van der Waals surface area contributed by atoms with E-state index in [1.807, 2.05) is 11.5 Å². The molecule has 1 aromatic carbocycles. The highest BCUT2D eigenvalue weighted by atomic mass is 35.5. The lowest BCUT2D eigenvalue weighted by molar-refractivity contribution is 0.0987. The second kappa shape index (κ2) is 6.93. The molecule has 2 aromatic heterocycles. The summed E-state index contributed by atoms with van der Waals surface area (Å²) in [5, 5.41) is 5.23. The minimum absolute atomic E-state index is 0.356. The topological polar surface area (TPSA) is 52.2 Å². The third-order valence-corrected chi connectivity index (χ3v) is 5.32. The van der Waals surface area contributed by atoms with Crippen LogP contribution < -0.4 is 4.80 Å². The summed E-state index contributed by atoms with van der Waals surface area (Å²) in [6.45, 7) is 6.75. The fraction of sp³-hybridized carbons (Fsp3) is 0.188. The molecule has 0 aliphatic heterocycles. The van der Waals surface area contributed by atoms with E-state index < -0.39 is 0 Å². The van der Waals surface area contributed by atoms with Crippen molar-refractivity contribution < 1.29 is 4.79 Å². The zero-order chi connectivity index (χ0) is 17.3. The molecule has 8 heteroatoms. The first-order valence-electron chi connectivity index (χ1n) is 7.26. The standard InChI is InChI=1S/C16H14Cl2N4OS/c1-3-9-21-13-10(17)5-6-11(18)14(13)24-16(21)20-15(23)12-7-8-19-22(12)4-2/h3,5-8H,1,4,9H2,2H3. The average molecular weight is 381 g/mol. The maximum absolute atomic E-state index is 12.5. The molecule has 5 nitrogen and oxygen atoms in total. The number of benzene rings is 1. The van der Waals surface area contributed by atoms with Crippen molar-refractivity contribution in [3.05, 3.63) is 57.6 Å². The van der Waals surface area contributed by atoms with E-state index in [0.29, 0.717) is 33.6 Å². The van der Waals surface area contributed by atoms with Crippen molar-refractivity contribution in [1.29, 1.82) is 0 Å². The van der Waals surface area contributed by atoms with Gasteiger partial charge in [-0.3, -0.25) is 9.48 Å². The zero-order valence-corrected chi connectivity index (χ0v) is 15.2. The van der Waals surface area contributed by atoms with Gasteiger partial charge in [-0.15, -0.1) is 6.58 Å². The SMILES string of the molecule is C=CCn1c(=NC(=O)c2ccnn2CC)sc2c(Cl)ccc(Cl)c21. The number of rotatable bonds is 4. The summed E-state index contributed by atoms with van der Waals surface area (Å²) in [7, 11) is 0. The number of aryl methyl sites for hydroxylation is 1. The number of carbonyl (C=O) groups excluding carboxylic acids is 1. The van der Waals surface area contributed by atoms with E-state index in [-0.39, 0.29) is 5.91 Å². The Morgan fingerprint density at radius 3 is 2.83 bits per heavy atom. The van der Waals surface area contributed by atoms with Gasteiger partial charge in [0.2, 0.25) is 0 Å². The second-order valence-electron chi connectivity index (χ2n) is 4.94. The summed E-state index contributed by atoms with van der Waals surface area (Å²) < 4.78 is 4.24. The molecular weight excluding hydrogens is 367 g/mol. The highest BCUT2D eigenvalue weighted by Crippen LogP contribution is 2.31. The number of thiazole rings is 1. The van der Waals surface area contributed by atoms with E-state index in [9.17, 15) is 4.79 Å².